The van der Waals surface area contributed by atoms with Crippen molar-refractivity contribution in [1.29, 1.82) is 0 Å². The second kappa shape index (κ2) is 3.21. The number of nitrogens with two attached hydrogens (primary N) is 1. The van der Waals surface area contributed by atoms with Gasteiger partial charge in [0.2, 0.25) is 0 Å². The van der Waals surface area contributed by atoms with Crippen molar-refractivity contribution < 1.29 is 5.11 Å². The normalized spacial score (nSPS) is 9.80. The van der Waals surface area contributed by atoms with Crippen LogP contribution in [0.25, 0.3) is 0 Å². The summed E-state index contributed by atoms with van der Waals surface area (Å²) < 4.78 is 1.01. The molecule has 0 saturated heterocycles. The monoisotopic (exact) mass is 249 g/mol. The van der Waals surface area contributed by atoms with Crippen molar-refractivity contribution in [2.75, 3.05) is 0 Å². The van der Waals surface area contributed by atoms with Gasteiger partial charge in [-0.3, -0.25) is 0 Å². The van der Waals surface area contributed by atoms with E-state index in [1.165, 1.54) is 0 Å². The molecule has 0 radical (unpaired) electrons. The third-order valence-corrected chi connectivity index (χ3v) is 1.80. The maximum atomic E-state index is 9.06. The summed E-state index contributed by atoms with van der Waals surface area (Å²) in [4.78, 5) is 0. The van der Waals surface area contributed by atoms with Gasteiger partial charge in [0.1, 0.15) is 5.75 Å². The second-order valence-corrected chi connectivity index (χ2v) is 3.27. The fourth-order valence-electron chi connectivity index (χ4n) is 0.751. The van der Waals surface area contributed by atoms with Gasteiger partial charge in [0.05, 0.1) is 0 Å². The van der Waals surface area contributed by atoms with Crippen molar-refractivity contribution in [3.05, 3.63) is 27.3 Å². The first kappa shape index (κ1) is 7.81. The van der Waals surface area contributed by atoms with Crippen LogP contribution in [0.2, 0.25) is 0 Å². The molecule has 0 aliphatic heterocycles. The highest BCUT2D eigenvalue weighted by Crippen LogP contribution is 2.16. The zero-order chi connectivity index (χ0) is 7.56. The molecule has 3 N–H and O–H groups in total. The predicted octanol–water partition coefficient (Wildman–Crippen LogP) is 1.46. The molecule has 0 bridgehead atoms. The molecule has 0 aliphatic rings. The van der Waals surface area contributed by atoms with Crippen molar-refractivity contribution in [2.24, 2.45) is 5.73 Å². The quantitative estimate of drug-likeness (QED) is 0.740. The first-order valence-corrected chi connectivity index (χ1v) is 3.99. The minimum atomic E-state index is 0.285. The van der Waals surface area contributed by atoms with Crippen LogP contribution < -0.4 is 5.73 Å². The van der Waals surface area contributed by atoms with Gasteiger partial charge in [-0.05, 0) is 46.4 Å². The third-order valence-electron chi connectivity index (χ3n) is 1.18. The van der Waals surface area contributed by atoms with Gasteiger partial charge in [-0.25, -0.2) is 0 Å². The van der Waals surface area contributed by atoms with Gasteiger partial charge < -0.3 is 10.8 Å². The molecule has 0 aliphatic carbocycles. The van der Waals surface area contributed by atoms with E-state index in [0.29, 0.717) is 6.54 Å². The Morgan fingerprint density at radius 2 is 2.10 bits per heavy atom. The Labute approximate surface area is 73.2 Å². The van der Waals surface area contributed by atoms with E-state index in [4.69, 9.17) is 10.8 Å². The molecule has 1 aromatic carbocycles. The number of hydrogen-bond donors (Lipinski definition) is 2. The molecule has 0 atom stereocenters. The van der Waals surface area contributed by atoms with Gasteiger partial charge in [0.15, 0.2) is 0 Å². The fraction of sp³-hybridized carbons (Fsp3) is 0.143. The first-order chi connectivity index (χ1) is 4.72. The van der Waals surface area contributed by atoms with E-state index in [2.05, 4.69) is 22.6 Å². The van der Waals surface area contributed by atoms with Crippen molar-refractivity contribution in [2.45, 2.75) is 6.54 Å². The molecule has 0 saturated carbocycles. The van der Waals surface area contributed by atoms with Crippen LogP contribution in [0.3, 0.4) is 0 Å². The van der Waals surface area contributed by atoms with Crippen LogP contribution in [0.1, 0.15) is 5.56 Å². The molecule has 54 valence electrons. The highest BCUT2D eigenvalue weighted by Gasteiger charge is 1.94. The molecule has 1 aromatic rings. The summed E-state index contributed by atoms with van der Waals surface area (Å²) in [6.07, 6.45) is 0. The lowest BCUT2D eigenvalue weighted by atomic mass is 10.2. The molecular weight excluding hydrogens is 241 g/mol. The summed E-state index contributed by atoms with van der Waals surface area (Å²) in [5, 5.41) is 9.06. The molecule has 0 aromatic heterocycles. The lowest BCUT2D eigenvalue weighted by molar-refractivity contribution is 0.474. The Kier molecular flexibility index (Phi) is 2.50. The van der Waals surface area contributed by atoms with Gasteiger partial charge >= 0.3 is 0 Å². The summed E-state index contributed by atoms with van der Waals surface area (Å²) >= 11 is 2.14. The summed E-state index contributed by atoms with van der Waals surface area (Å²) in [6, 6.07) is 5.31. The van der Waals surface area contributed by atoms with E-state index in [1.807, 2.05) is 6.07 Å². The molecule has 0 fully saturated rings. The van der Waals surface area contributed by atoms with Crippen LogP contribution in [0.5, 0.6) is 5.75 Å². The number of hydrogen-bond acceptors (Lipinski definition) is 2. The summed E-state index contributed by atoms with van der Waals surface area (Å²) in [5.74, 6) is 0.285. The smallest absolute Gasteiger partial charge is 0.116 e. The largest absolute Gasteiger partial charge is 0.508 e. The molecule has 0 heterocycles. The van der Waals surface area contributed by atoms with E-state index >= 15 is 0 Å². The minimum Gasteiger partial charge on any atom is -0.508 e. The van der Waals surface area contributed by atoms with Crippen LogP contribution in [0, 0.1) is 3.57 Å². The van der Waals surface area contributed by atoms with Gasteiger partial charge in [-0.15, -0.1) is 0 Å². The highest BCUT2D eigenvalue weighted by atomic mass is 127. The summed E-state index contributed by atoms with van der Waals surface area (Å²) in [5.41, 5.74) is 6.34. The molecule has 0 spiro atoms. The van der Waals surface area contributed by atoms with Gasteiger partial charge in [-0.1, -0.05) is 0 Å². The van der Waals surface area contributed by atoms with E-state index in [-0.39, 0.29) is 5.75 Å². The lowest BCUT2D eigenvalue weighted by Gasteiger charge is -1.98. The van der Waals surface area contributed by atoms with Crippen molar-refractivity contribution in [3.63, 3.8) is 0 Å². The zero-order valence-corrected chi connectivity index (χ0v) is 7.50. The average Bonchev–Trinajstić information content (AvgIpc) is 1.85. The number of phenols is 1. The van der Waals surface area contributed by atoms with Gasteiger partial charge in [-0.2, -0.15) is 0 Å². The van der Waals surface area contributed by atoms with Gasteiger partial charge in [0.25, 0.3) is 0 Å². The zero-order valence-electron chi connectivity index (χ0n) is 5.34. The maximum absolute atomic E-state index is 9.06. The van der Waals surface area contributed by atoms with Crippen LogP contribution >= 0.6 is 22.6 Å². The Morgan fingerprint density at radius 3 is 2.60 bits per heavy atom. The summed E-state index contributed by atoms with van der Waals surface area (Å²) in [6.45, 7) is 0.477. The Morgan fingerprint density at radius 1 is 1.40 bits per heavy atom. The van der Waals surface area contributed by atoms with Crippen LogP contribution in [-0.2, 0) is 6.54 Å². The Hall–Kier alpha value is -0.290. The minimum absolute atomic E-state index is 0.285. The van der Waals surface area contributed by atoms with Crippen molar-refractivity contribution in [1.82, 2.24) is 0 Å². The number of aromatic hydroxyl groups is 1. The van der Waals surface area contributed by atoms with Gasteiger partial charge in [0, 0.05) is 10.1 Å². The van der Waals surface area contributed by atoms with E-state index in [9.17, 15) is 0 Å². The number of halogens is 1. The second-order valence-electron chi connectivity index (χ2n) is 2.02. The number of rotatable bonds is 1. The van der Waals surface area contributed by atoms with Crippen LogP contribution in [0.15, 0.2) is 18.2 Å². The fourth-order valence-corrected chi connectivity index (χ4v) is 1.47. The Bertz CT molecular complexity index is 217. The number of benzene rings is 1. The summed E-state index contributed by atoms with van der Waals surface area (Å²) in [7, 11) is 0. The van der Waals surface area contributed by atoms with E-state index < -0.39 is 0 Å². The predicted molar refractivity (Wildman–Crippen MR) is 48.7 cm³/mol. The third kappa shape index (κ3) is 1.85. The van der Waals surface area contributed by atoms with E-state index in [1.54, 1.807) is 12.1 Å². The topological polar surface area (TPSA) is 46.2 Å². The highest BCUT2D eigenvalue weighted by molar-refractivity contribution is 14.1. The van der Waals surface area contributed by atoms with E-state index in [0.717, 1.165) is 9.13 Å². The first-order valence-electron chi connectivity index (χ1n) is 2.91. The molecule has 0 unspecified atom stereocenters. The molecule has 1 rings (SSSR count). The molecule has 2 nitrogen and oxygen atoms in total. The Balaban J connectivity index is 3.06. The SMILES string of the molecule is NCc1cc(O)cc(I)c1. The van der Waals surface area contributed by atoms with Crippen molar-refractivity contribution >= 4 is 22.6 Å². The standard InChI is InChI=1S/C7H8INO/c8-6-1-5(4-9)2-7(10)3-6/h1-3,10H,4,9H2. The maximum Gasteiger partial charge on any atom is 0.116 e. The van der Waals surface area contributed by atoms with Crippen molar-refractivity contribution in [3.8, 4) is 5.75 Å². The molecule has 10 heavy (non-hydrogen) atoms. The molecule has 0 amide bonds. The number of phenolic OH excluding ortho intramolecular Hbond substituents is 1. The molecule has 3 heteroatoms. The van der Waals surface area contributed by atoms with Crippen LogP contribution in [-0.4, -0.2) is 5.11 Å². The van der Waals surface area contributed by atoms with Crippen LogP contribution in [0.4, 0.5) is 0 Å². The molecular formula is C7H8INO. The lowest BCUT2D eigenvalue weighted by Crippen LogP contribution is -1.95. The average molecular weight is 249 g/mol.